The largest absolute Gasteiger partial charge is 0.373 e. The van der Waals surface area contributed by atoms with Gasteiger partial charge in [-0.25, -0.2) is 4.98 Å². The standard InChI is InChI=1S/C12H15N3/c1-2-7-13-11-5-6-12(14-10-11)15-8-3-4-9-15/h1,5-6,10,13H,3-4,7-9H2. The highest BCUT2D eigenvalue weighted by atomic mass is 15.2. The Balaban J connectivity index is 2.00. The second-order valence-corrected chi connectivity index (χ2v) is 3.66. The topological polar surface area (TPSA) is 28.2 Å². The third kappa shape index (κ3) is 2.41. The SMILES string of the molecule is C#CCNc1ccc(N2CCCC2)nc1. The van der Waals surface area contributed by atoms with Gasteiger partial charge in [-0.1, -0.05) is 5.92 Å². The second kappa shape index (κ2) is 4.70. The van der Waals surface area contributed by atoms with Gasteiger partial charge >= 0.3 is 0 Å². The van der Waals surface area contributed by atoms with E-state index in [1.807, 2.05) is 18.3 Å². The van der Waals surface area contributed by atoms with Gasteiger partial charge in [0.25, 0.3) is 0 Å². The molecule has 0 unspecified atom stereocenters. The predicted molar refractivity (Wildman–Crippen MR) is 63.0 cm³/mol. The molecule has 0 saturated carbocycles. The lowest BCUT2D eigenvalue weighted by Crippen LogP contribution is -2.18. The van der Waals surface area contributed by atoms with Crippen LogP contribution in [0.5, 0.6) is 0 Å². The summed E-state index contributed by atoms with van der Waals surface area (Å²) in [4.78, 5) is 6.72. The lowest BCUT2D eigenvalue weighted by atomic mass is 10.4. The molecular weight excluding hydrogens is 186 g/mol. The normalized spacial score (nSPS) is 15.0. The molecule has 0 amide bonds. The number of anilines is 2. The summed E-state index contributed by atoms with van der Waals surface area (Å²) >= 11 is 0. The van der Waals surface area contributed by atoms with E-state index in [1.54, 1.807) is 0 Å². The van der Waals surface area contributed by atoms with E-state index in [1.165, 1.54) is 12.8 Å². The van der Waals surface area contributed by atoms with E-state index < -0.39 is 0 Å². The average molecular weight is 201 g/mol. The Morgan fingerprint density at radius 1 is 1.40 bits per heavy atom. The number of hydrogen-bond donors (Lipinski definition) is 1. The molecule has 2 heterocycles. The van der Waals surface area contributed by atoms with Gasteiger partial charge in [0.05, 0.1) is 18.4 Å². The van der Waals surface area contributed by atoms with Gasteiger partial charge in [0.1, 0.15) is 5.82 Å². The Labute approximate surface area is 90.5 Å². The molecule has 3 heteroatoms. The molecule has 1 aromatic rings. The first-order valence-electron chi connectivity index (χ1n) is 5.28. The van der Waals surface area contributed by atoms with Crippen LogP contribution in [-0.2, 0) is 0 Å². The zero-order chi connectivity index (χ0) is 10.5. The molecule has 1 fully saturated rings. The maximum Gasteiger partial charge on any atom is 0.128 e. The van der Waals surface area contributed by atoms with Crippen molar-refractivity contribution >= 4 is 11.5 Å². The van der Waals surface area contributed by atoms with Crippen molar-refractivity contribution in [3.05, 3.63) is 18.3 Å². The molecule has 0 spiro atoms. The van der Waals surface area contributed by atoms with E-state index in [4.69, 9.17) is 6.42 Å². The number of hydrogen-bond acceptors (Lipinski definition) is 3. The third-order valence-corrected chi connectivity index (χ3v) is 2.57. The van der Waals surface area contributed by atoms with Gasteiger partial charge in [0.15, 0.2) is 0 Å². The molecule has 0 atom stereocenters. The monoisotopic (exact) mass is 201 g/mol. The Bertz CT molecular complexity index is 344. The van der Waals surface area contributed by atoms with Crippen LogP contribution in [-0.4, -0.2) is 24.6 Å². The van der Waals surface area contributed by atoms with Crippen molar-refractivity contribution in [1.82, 2.24) is 4.98 Å². The van der Waals surface area contributed by atoms with Gasteiger partial charge < -0.3 is 10.2 Å². The van der Waals surface area contributed by atoms with Gasteiger partial charge in [-0.2, -0.15) is 0 Å². The minimum atomic E-state index is 0.546. The van der Waals surface area contributed by atoms with Crippen LogP contribution in [0.4, 0.5) is 11.5 Å². The molecule has 3 nitrogen and oxygen atoms in total. The van der Waals surface area contributed by atoms with Crippen LogP contribution >= 0.6 is 0 Å². The van der Waals surface area contributed by atoms with Crippen LogP contribution in [0.1, 0.15) is 12.8 Å². The molecule has 1 aliphatic heterocycles. The molecule has 0 radical (unpaired) electrons. The zero-order valence-electron chi connectivity index (χ0n) is 8.74. The molecule has 1 aromatic heterocycles. The predicted octanol–water partition coefficient (Wildman–Crippen LogP) is 1.73. The lowest BCUT2D eigenvalue weighted by molar-refractivity contribution is 0.938. The summed E-state index contributed by atoms with van der Waals surface area (Å²) < 4.78 is 0. The smallest absolute Gasteiger partial charge is 0.128 e. The number of aromatic nitrogens is 1. The highest BCUT2D eigenvalue weighted by molar-refractivity contribution is 5.49. The third-order valence-electron chi connectivity index (χ3n) is 2.57. The first-order chi connectivity index (χ1) is 7.40. The van der Waals surface area contributed by atoms with Gasteiger partial charge in [-0.05, 0) is 25.0 Å². The van der Waals surface area contributed by atoms with Crippen LogP contribution in [0.3, 0.4) is 0 Å². The Morgan fingerprint density at radius 2 is 2.20 bits per heavy atom. The fourth-order valence-corrected chi connectivity index (χ4v) is 1.78. The minimum absolute atomic E-state index is 0.546. The summed E-state index contributed by atoms with van der Waals surface area (Å²) in [6.07, 6.45) is 9.56. The first kappa shape index (κ1) is 9.85. The summed E-state index contributed by atoms with van der Waals surface area (Å²) in [5.41, 5.74) is 0.982. The van der Waals surface area contributed by atoms with Crippen molar-refractivity contribution in [1.29, 1.82) is 0 Å². The Kier molecular flexibility index (Phi) is 3.08. The summed E-state index contributed by atoms with van der Waals surface area (Å²) in [6.45, 7) is 2.80. The highest BCUT2D eigenvalue weighted by Crippen LogP contribution is 2.18. The van der Waals surface area contributed by atoms with Crippen molar-refractivity contribution in [3.8, 4) is 12.3 Å². The number of terminal acetylenes is 1. The van der Waals surface area contributed by atoms with Crippen molar-refractivity contribution in [2.75, 3.05) is 29.9 Å². The molecular formula is C12H15N3. The van der Waals surface area contributed by atoms with Crippen LogP contribution in [0, 0.1) is 12.3 Å². The fraction of sp³-hybridized carbons (Fsp3) is 0.417. The van der Waals surface area contributed by atoms with Crippen LogP contribution < -0.4 is 10.2 Å². The van der Waals surface area contributed by atoms with Crippen LogP contribution in [0.15, 0.2) is 18.3 Å². The first-order valence-corrected chi connectivity index (χ1v) is 5.28. The highest BCUT2D eigenvalue weighted by Gasteiger charge is 2.12. The van der Waals surface area contributed by atoms with Crippen molar-refractivity contribution < 1.29 is 0 Å². The summed E-state index contributed by atoms with van der Waals surface area (Å²) in [5.74, 6) is 3.60. The number of rotatable bonds is 3. The van der Waals surface area contributed by atoms with Crippen molar-refractivity contribution in [2.24, 2.45) is 0 Å². The van der Waals surface area contributed by atoms with Gasteiger partial charge in [-0.15, -0.1) is 6.42 Å². The lowest BCUT2D eigenvalue weighted by Gasteiger charge is -2.16. The molecule has 78 valence electrons. The molecule has 1 N–H and O–H groups in total. The number of pyridine rings is 1. The van der Waals surface area contributed by atoms with E-state index in [-0.39, 0.29) is 0 Å². The van der Waals surface area contributed by atoms with E-state index in [2.05, 4.69) is 21.1 Å². The number of nitrogens with one attached hydrogen (secondary N) is 1. The quantitative estimate of drug-likeness (QED) is 0.755. The van der Waals surface area contributed by atoms with E-state index >= 15 is 0 Å². The fourth-order valence-electron chi connectivity index (χ4n) is 1.78. The van der Waals surface area contributed by atoms with Crippen molar-refractivity contribution in [2.45, 2.75) is 12.8 Å². The van der Waals surface area contributed by atoms with E-state index in [0.29, 0.717) is 6.54 Å². The molecule has 1 aliphatic rings. The average Bonchev–Trinajstić information content (AvgIpc) is 2.80. The number of nitrogens with zero attached hydrogens (tertiary/aromatic N) is 2. The summed E-state index contributed by atoms with van der Waals surface area (Å²) in [5, 5.41) is 3.09. The van der Waals surface area contributed by atoms with E-state index in [9.17, 15) is 0 Å². The molecule has 0 aliphatic carbocycles. The minimum Gasteiger partial charge on any atom is -0.373 e. The van der Waals surface area contributed by atoms with Gasteiger partial charge in [0, 0.05) is 13.1 Å². The maximum atomic E-state index is 5.16. The van der Waals surface area contributed by atoms with Gasteiger partial charge in [0.2, 0.25) is 0 Å². The van der Waals surface area contributed by atoms with E-state index in [0.717, 1.165) is 24.6 Å². The summed E-state index contributed by atoms with van der Waals surface area (Å²) in [7, 11) is 0. The second-order valence-electron chi connectivity index (χ2n) is 3.66. The molecule has 0 bridgehead atoms. The molecule has 0 aromatic carbocycles. The summed E-state index contributed by atoms with van der Waals surface area (Å²) in [6, 6.07) is 4.07. The molecule has 15 heavy (non-hydrogen) atoms. The van der Waals surface area contributed by atoms with Gasteiger partial charge in [-0.3, -0.25) is 0 Å². The molecule has 2 rings (SSSR count). The maximum absolute atomic E-state index is 5.16. The van der Waals surface area contributed by atoms with Crippen LogP contribution in [0.2, 0.25) is 0 Å². The molecule has 1 saturated heterocycles. The Hall–Kier alpha value is -1.69. The van der Waals surface area contributed by atoms with Crippen molar-refractivity contribution in [3.63, 3.8) is 0 Å². The van der Waals surface area contributed by atoms with Crippen LogP contribution in [0.25, 0.3) is 0 Å². The Morgan fingerprint density at radius 3 is 2.80 bits per heavy atom. The zero-order valence-corrected chi connectivity index (χ0v) is 8.74.